The Morgan fingerprint density at radius 1 is 1.18 bits per heavy atom. The number of hydrogen-bond acceptors (Lipinski definition) is 5. The average Bonchev–Trinajstić information content (AvgIpc) is 2.83. The van der Waals surface area contributed by atoms with Gasteiger partial charge in [-0.1, -0.05) is 37.3 Å². The van der Waals surface area contributed by atoms with Crippen LogP contribution in [0.4, 0.5) is 10.1 Å². The van der Waals surface area contributed by atoms with Crippen molar-refractivity contribution in [2.45, 2.75) is 26.4 Å². The molecule has 34 heavy (non-hydrogen) atoms. The first-order chi connectivity index (χ1) is 16.3. The van der Waals surface area contributed by atoms with Gasteiger partial charge < -0.3 is 21.1 Å². The average molecular weight is 461 g/mol. The number of para-hydroxylation sites is 1. The Kier molecular flexibility index (Phi) is 6.43. The molecule has 0 radical (unpaired) electrons. The quantitative estimate of drug-likeness (QED) is 0.348. The van der Waals surface area contributed by atoms with Crippen molar-refractivity contribution >= 4 is 22.5 Å². The van der Waals surface area contributed by atoms with E-state index in [0.717, 1.165) is 5.69 Å². The van der Waals surface area contributed by atoms with Crippen LogP contribution in [0.25, 0.3) is 22.0 Å². The molecule has 2 aromatic heterocycles. The number of aliphatic hydroxyl groups is 1. The summed E-state index contributed by atoms with van der Waals surface area (Å²) in [6, 6.07) is 12.8. The van der Waals surface area contributed by atoms with E-state index in [4.69, 9.17) is 5.73 Å². The van der Waals surface area contributed by atoms with Crippen LogP contribution in [0.3, 0.4) is 0 Å². The third-order valence-corrected chi connectivity index (χ3v) is 5.70. The topological polar surface area (TPSA) is 121 Å². The Labute approximate surface area is 195 Å². The molecule has 1 atom stereocenters. The summed E-state index contributed by atoms with van der Waals surface area (Å²) in [5.74, 6) is -1.09. The molecule has 8 heteroatoms. The summed E-state index contributed by atoms with van der Waals surface area (Å²) in [5.41, 5.74) is 8.14. The number of H-pyrrole nitrogens is 1. The molecule has 0 aliphatic carbocycles. The molecule has 7 nitrogen and oxygen atoms in total. The third-order valence-electron chi connectivity index (χ3n) is 5.70. The molecule has 4 aromatic rings. The first kappa shape index (κ1) is 23.1. The van der Waals surface area contributed by atoms with E-state index in [2.05, 4.69) is 15.3 Å². The number of carbonyl (C=O) groups excluding carboxylic acids is 1. The highest BCUT2D eigenvalue weighted by atomic mass is 19.1. The summed E-state index contributed by atoms with van der Waals surface area (Å²) >= 11 is 0. The second kappa shape index (κ2) is 9.44. The number of nitrogen functional groups attached to an aromatic ring is 1. The molecular formula is C26H25FN4O3. The van der Waals surface area contributed by atoms with Gasteiger partial charge in [-0.05, 0) is 37.1 Å². The minimum absolute atomic E-state index is 0.0246. The lowest BCUT2D eigenvalue weighted by molar-refractivity contribution is 0.0953. The number of amides is 1. The maximum absolute atomic E-state index is 15.0. The monoisotopic (exact) mass is 460 g/mol. The van der Waals surface area contributed by atoms with E-state index in [-0.39, 0.29) is 16.8 Å². The number of benzene rings is 2. The Bertz CT molecular complexity index is 1430. The molecule has 5 N–H and O–H groups in total. The number of aliphatic hydroxyl groups excluding tert-OH is 1. The van der Waals surface area contributed by atoms with Crippen molar-refractivity contribution in [1.82, 2.24) is 15.3 Å². The second-order valence-corrected chi connectivity index (χ2v) is 8.10. The minimum Gasteiger partial charge on any atom is -0.397 e. The molecule has 0 aliphatic heterocycles. The summed E-state index contributed by atoms with van der Waals surface area (Å²) in [6.07, 6.45) is 1.27. The normalized spacial score (nSPS) is 12.0. The fourth-order valence-electron chi connectivity index (χ4n) is 3.87. The first-order valence-corrected chi connectivity index (χ1v) is 10.9. The zero-order chi connectivity index (χ0) is 24.4. The number of hydrogen-bond donors (Lipinski definition) is 4. The van der Waals surface area contributed by atoms with E-state index >= 15 is 0 Å². The molecule has 1 unspecified atom stereocenters. The summed E-state index contributed by atoms with van der Waals surface area (Å²) in [6.45, 7) is 4.15. The number of nitrogens with two attached hydrogens (primary N) is 1. The maximum atomic E-state index is 15.0. The fourth-order valence-corrected chi connectivity index (χ4v) is 3.87. The summed E-state index contributed by atoms with van der Waals surface area (Å²) in [4.78, 5) is 32.2. The van der Waals surface area contributed by atoms with Gasteiger partial charge in [0.2, 0.25) is 0 Å². The summed E-state index contributed by atoms with van der Waals surface area (Å²) in [5, 5.41) is 13.9. The lowest BCUT2D eigenvalue weighted by Crippen LogP contribution is -2.31. The zero-order valence-corrected chi connectivity index (χ0v) is 18.9. The second-order valence-electron chi connectivity index (χ2n) is 8.10. The van der Waals surface area contributed by atoms with E-state index in [9.17, 15) is 19.1 Å². The lowest BCUT2D eigenvalue weighted by atomic mass is 9.95. The van der Waals surface area contributed by atoms with Gasteiger partial charge in [0, 0.05) is 40.5 Å². The van der Waals surface area contributed by atoms with Crippen molar-refractivity contribution in [3.05, 3.63) is 93.3 Å². The maximum Gasteiger partial charge on any atom is 0.263 e. The molecule has 174 valence electrons. The number of aromatic amines is 1. The third kappa shape index (κ3) is 4.27. The number of halogens is 1. The first-order valence-electron chi connectivity index (χ1n) is 10.9. The Balaban J connectivity index is 1.84. The van der Waals surface area contributed by atoms with Gasteiger partial charge in [-0.3, -0.25) is 14.6 Å². The van der Waals surface area contributed by atoms with Gasteiger partial charge in [0.25, 0.3) is 11.5 Å². The van der Waals surface area contributed by atoms with Crippen LogP contribution in [0, 0.1) is 12.7 Å². The molecule has 1 amide bonds. The van der Waals surface area contributed by atoms with Crippen LogP contribution in [0.15, 0.2) is 59.5 Å². The Hall–Kier alpha value is -4.04. The number of nitrogens with zero attached hydrogens (tertiary/aromatic N) is 1. The molecule has 0 saturated heterocycles. The van der Waals surface area contributed by atoms with Gasteiger partial charge in [0.05, 0.1) is 11.2 Å². The number of aromatic nitrogens is 2. The van der Waals surface area contributed by atoms with Crippen molar-refractivity contribution in [2.24, 2.45) is 0 Å². The highest BCUT2D eigenvalue weighted by molar-refractivity contribution is 6.08. The van der Waals surface area contributed by atoms with Gasteiger partial charge in [0.15, 0.2) is 0 Å². The summed E-state index contributed by atoms with van der Waals surface area (Å²) in [7, 11) is 0. The molecule has 2 heterocycles. The van der Waals surface area contributed by atoms with Crippen molar-refractivity contribution in [1.29, 1.82) is 0 Å². The molecule has 4 rings (SSSR count). The molecule has 2 aromatic carbocycles. The highest BCUT2D eigenvalue weighted by Crippen LogP contribution is 2.34. The van der Waals surface area contributed by atoms with Gasteiger partial charge in [0.1, 0.15) is 17.5 Å². The van der Waals surface area contributed by atoms with Crippen molar-refractivity contribution in [2.75, 3.05) is 12.3 Å². The molecule has 0 fully saturated rings. The molecule has 0 saturated carbocycles. The highest BCUT2D eigenvalue weighted by Gasteiger charge is 2.20. The summed E-state index contributed by atoms with van der Waals surface area (Å²) < 4.78 is 15.0. The van der Waals surface area contributed by atoms with Gasteiger partial charge in [-0.25, -0.2) is 4.39 Å². The molecular weight excluding hydrogens is 435 g/mol. The fraction of sp³-hybridized carbons (Fsp3) is 0.192. The van der Waals surface area contributed by atoms with Crippen molar-refractivity contribution in [3.63, 3.8) is 0 Å². The van der Waals surface area contributed by atoms with E-state index < -0.39 is 23.4 Å². The Morgan fingerprint density at radius 3 is 2.65 bits per heavy atom. The van der Waals surface area contributed by atoms with Crippen LogP contribution in [-0.2, 0) is 0 Å². The largest absolute Gasteiger partial charge is 0.397 e. The number of carbonyl (C=O) groups is 1. The standard InChI is InChI=1S/C26H25FN4O3/c1-3-11-29-25(33)21-22(28)18-6-4-5-17(23(18)31-26(21)34)19-12-15(9-10-20(19)27)24(32)16-8-7-14(2)30-13-16/h4-10,12-13,24,32H,3,11H2,1-2H3,(H,29,33)(H3,28,31,34). The zero-order valence-electron chi connectivity index (χ0n) is 18.9. The molecule has 0 spiro atoms. The lowest BCUT2D eigenvalue weighted by Gasteiger charge is -2.15. The van der Waals surface area contributed by atoms with Crippen LogP contribution in [0.5, 0.6) is 0 Å². The number of nitrogens with one attached hydrogen (secondary N) is 2. The Morgan fingerprint density at radius 2 is 1.94 bits per heavy atom. The van der Waals surface area contributed by atoms with Crippen LogP contribution in [-0.4, -0.2) is 27.5 Å². The van der Waals surface area contributed by atoms with Crippen LogP contribution >= 0.6 is 0 Å². The van der Waals surface area contributed by atoms with E-state index in [1.54, 1.807) is 36.5 Å². The number of anilines is 1. The number of aryl methyl sites for hydroxylation is 1. The molecule has 0 aliphatic rings. The van der Waals surface area contributed by atoms with E-state index in [1.165, 1.54) is 18.2 Å². The van der Waals surface area contributed by atoms with Crippen molar-refractivity contribution < 1.29 is 14.3 Å². The van der Waals surface area contributed by atoms with Gasteiger partial charge in [-0.15, -0.1) is 0 Å². The smallest absolute Gasteiger partial charge is 0.263 e. The van der Waals surface area contributed by atoms with Crippen LogP contribution in [0.1, 0.15) is 46.6 Å². The van der Waals surface area contributed by atoms with Crippen LogP contribution < -0.4 is 16.6 Å². The number of fused-ring (bicyclic) bond motifs is 1. The number of rotatable bonds is 6. The van der Waals surface area contributed by atoms with E-state index in [1.807, 2.05) is 13.8 Å². The predicted molar refractivity (Wildman–Crippen MR) is 130 cm³/mol. The van der Waals surface area contributed by atoms with Crippen LogP contribution in [0.2, 0.25) is 0 Å². The van der Waals surface area contributed by atoms with Gasteiger partial charge in [-0.2, -0.15) is 0 Å². The minimum atomic E-state index is -1.01. The SMILES string of the molecule is CCCNC(=O)c1c(N)c2cccc(-c3cc(C(O)c4ccc(C)nc4)ccc3F)c2[nH]c1=O. The molecule has 0 bridgehead atoms. The van der Waals surface area contributed by atoms with E-state index in [0.29, 0.717) is 40.6 Å². The predicted octanol–water partition coefficient (Wildman–Crippen LogP) is 3.84. The van der Waals surface area contributed by atoms with Gasteiger partial charge >= 0.3 is 0 Å². The van der Waals surface area contributed by atoms with Crippen molar-refractivity contribution in [3.8, 4) is 11.1 Å². The number of pyridine rings is 2.